The van der Waals surface area contributed by atoms with Gasteiger partial charge in [-0.25, -0.2) is 0 Å². The van der Waals surface area contributed by atoms with E-state index in [2.05, 4.69) is 87.8 Å². The zero-order valence-corrected chi connectivity index (χ0v) is 20.6. The maximum atomic E-state index is 14.0. The maximum absolute atomic E-state index is 14.0. The molecule has 3 aromatic rings. The molecule has 0 spiro atoms. The topological polar surface area (TPSA) is 23.6 Å². The highest BCUT2D eigenvalue weighted by Crippen LogP contribution is 2.48. The smallest absolute Gasteiger partial charge is 0.242 e. The van der Waals surface area contributed by atoms with Crippen molar-refractivity contribution in [2.45, 2.75) is 37.5 Å². The Morgan fingerprint density at radius 1 is 0.939 bits per heavy atom. The minimum atomic E-state index is -0.599. The Kier molecular flexibility index (Phi) is 6.36. The predicted octanol–water partition coefficient (Wildman–Crippen LogP) is 5.11. The third kappa shape index (κ3) is 4.03. The second-order valence-corrected chi connectivity index (χ2v) is 10.0. The van der Waals surface area contributed by atoms with Crippen molar-refractivity contribution < 1.29 is 4.79 Å². The van der Waals surface area contributed by atoms with Crippen LogP contribution in [-0.4, -0.2) is 37.0 Å². The number of benzene rings is 3. The van der Waals surface area contributed by atoms with Crippen LogP contribution in [-0.2, 0) is 10.2 Å². The van der Waals surface area contributed by atoms with E-state index >= 15 is 0 Å². The molecule has 3 nitrogen and oxygen atoms in total. The van der Waals surface area contributed by atoms with Gasteiger partial charge in [0.05, 0.1) is 0 Å². The van der Waals surface area contributed by atoms with Crippen LogP contribution in [0.5, 0.6) is 0 Å². The first-order chi connectivity index (χ1) is 16.1. The van der Waals surface area contributed by atoms with Crippen LogP contribution in [0.15, 0.2) is 78.9 Å². The molecule has 3 aromatic carbocycles. The van der Waals surface area contributed by atoms with E-state index in [0.717, 1.165) is 42.9 Å². The number of hydrogen-bond donors (Lipinski definition) is 0. The Morgan fingerprint density at radius 3 is 2.39 bits per heavy atom. The summed E-state index contributed by atoms with van der Waals surface area (Å²) in [5.74, 6) is 0.860. The molecule has 1 fully saturated rings. The fraction of sp³-hybridized carbons (Fsp3) is 0.345. The highest BCUT2D eigenvalue weighted by atomic mass is 31.0. The molecule has 2 aliphatic heterocycles. The molecule has 0 N–H and O–H groups in total. The number of para-hydroxylation sites is 1. The van der Waals surface area contributed by atoms with Gasteiger partial charge in [-0.2, -0.15) is 0 Å². The minimum absolute atomic E-state index is 0.226. The third-order valence-electron chi connectivity index (χ3n) is 7.62. The van der Waals surface area contributed by atoms with E-state index in [9.17, 15) is 4.79 Å². The number of carbonyl (C=O) groups is 1. The molecular weight excluding hydrogens is 423 g/mol. The average molecular weight is 457 g/mol. The van der Waals surface area contributed by atoms with E-state index in [1.165, 1.54) is 23.7 Å². The molecule has 0 aliphatic carbocycles. The van der Waals surface area contributed by atoms with Crippen LogP contribution in [0.25, 0.3) is 0 Å². The van der Waals surface area contributed by atoms with Crippen LogP contribution in [0, 0.1) is 0 Å². The summed E-state index contributed by atoms with van der Waals surface area (Å²) < 4.78 is 0. The Morgan fingerprint density at radius 2 is 1.67 bits per heavy atom. The molecule has 2 atom stereocenters. The van der Waals surface area contributed by atoms with Gasteiger partial charge in [0.25, 0.3) is 0 Å². The number of nitrogens with zero attached hydrogens (tertiary/aromatic N) is 2. The number of anilines is 1. The minimum Gasteiger partial charge on any atom is -0.311 e. The highest BCUT2D eigenvalue weighted by Gasteiger charge is 2.51. The summed E-state index contributed by atoms with van der Waals surface area (Å²) in [6.45, 7) is 5.88. The number of likely N-dealkylation sites (N-methyl/N-ethyl adjacent to an activating group) is 1. The van der Waals surface area contributed by atoms with Crippen molar-refractivity contribution in [2.75, 3.05) is 31.1 Å². The number of piperidine rings is 1. The number of likely N-dealkylation sites (tertiary alicyclic amines) is 1. The Hall–Kier alpha value is -2.48. The molecule has 4 heteroatoms. The van der Waals surface area contributed by atoms with Gasteiger partial charge in [-0.05, 0) is 79.8 Å². The van der Waals surface area contributed by atoms with E-state index in [4.69, 9.17) is 0 Å². The fourth-order valence-corrected chi connectivity index (χ4v) is 6.16. The van der Waals surface area contributed by atoms with Gasteiger partial charge in [0, 0.05) is 12.2 Å². The van der Waals surface area contributed by atoms with Crippen LogP contribution < -0.4 is 10.2 Å². The van der Waals surface area contributed by atoms with Gasteiger partial charge in [-0.15, -0.1) is 9.24 Å². The summed E-state index contributed by atoms with van der Waals surface area (Å²) in [6, 6.07) is 27.7. The van der Waals surface area contributed by atoms with E-state index in [1.807, 2.05) is 17.0 Å². The lowest BCUT2D eigenvalue weighted by Crippen LogP contribution is -2.44. The van der Waals surface area contributed by atoms with Gasteiger partial charge in [0.15, 0.2) is 0 Å². The van der Waals surface area contributed by atoms with E-state index in [1.54, 1.807) is 0 Å². The van der Waals surface area contributed by atoms with Crippen molar-refractivity contribution in [3.05, 3.63) is 95.6 Å². The molecule has 1 amide bonds. The summed E-state index contributed by atoms with van der Waals surface area (Å²) >= 11 is 0. The molecule has 33 heavy (non-hydrogen) atoms. The number of hydrogen-bond acceptors (Lipinski definition) is 2. The van der Waals surface area contributed by atoms with Crippen LogP contribution in [0.3, 0.4) is 0 Å². The second kappa shape index (κ2) is 9.41. The van der Waals surface area contributed by atoms with Crippen molar-refractivity contribution in [3.63, 3.8) is 0 Å². The van der Waals surface area contributed by atoms with E-state index < -0.39 is 5.41 Å². The highest BCUT2D eigenvalue weighted by molar-refractivity contribution is 7.27. The Bertz CT molecular complexity index is 1120. The lowest BCUT2D eigenvalue weighted by molar-refractivity contribution is -0.122. The summed E-state index contributed by atoms with van der Waals surface area (Å²) in [4.78, 5) is 18.5. The van der Waals surface area contributed by atoms with Gasteiger partial charge in [-0.1, -0.05) is 72.8 Å². The summed E-state index contributed by atoms with van der Waals surface area (Å²) in [5.41, 5.74) is 4.21. The zero-order chi connectivity index (χ0) is 22.8. The molecule has 0 radical (unpaired) electrons. The number of carbonyl (C=O) groups excluding carboxylic acids is 1. The second-order valence-electron chi connectivity index (χ2n) is 9.37. The van der Waals surface area contributed by atoms with Crippen molar-refractivity contribution in [3.8, 4) is 0 Å². The van der Waals surface area contributed by atoms with Gasteiger partial charge < -0.3 is 9.80 Å². The van der Waals surface area contributed by atoms with Crippen molar-refractivity contribution in [1.29, 1.82) is 0 Å². The molecule has 2 heterocycles. The molecule has 170 valence electrons. The lowest BCUT2D eigenvalue weighted by Gasteiger charge is -2.36. The predicted molar refractivity (Wildman–Crippen MR) is 141 cm³/mol. The lowest BCUT2D eigenvalue weighted by atomic mass is 9.72. The van der Waals surface area contributed by atoms with Crippen LogP contribution in [0.2, 0.25) is 0 Å². The van der Waals surface area contributed by atoms with Crippen molar-refractivity contribution >= 4 is 26.1 Å². The van der Waals surface area contributed by atoms with Crippen LogP contribution in [0.4, 0.5) is 5.69 Å². The normalized spacial score (nSPS) is 21.4. The Labute approximate surface area is 200 Å². The molecule has 0 bridgehead atoms. The molecule has 5 rings (SSSR count). The molecular formula is C29H33N2OP. The summed E-state index contributed by atoms with van der Waals surface area (Å²) in [5, 5.41) is 1.26. The van der Waals surface area contributed by atoms with Crippen molar-refractivity contribution in [2.24, 2.45) is 0 Å². The first kappa shape index (κ1) is 22.3. The summed E-state index contributed by atoms with van der Waals surface area (Å²) in [7, 11) is 2.82. The monoisotopic (exact) mass is 456 g/mol. The molecule has 2 unspecified atom stereocenters. The largest absolute Gasteiger partial charge is 0.311 e. The summed E-state index contributed by atoms with van der Waals surface area (Å²) in [6.07, 6.45) is 3.17. The first-order valence-electron chi connectivity index (χ1n) is 12.2. The van der Waals surface area contributed by atoms with Gasteiger partial charge in [-0.3, -0.25) is 4.79 Å². The van der Waals surface area contributed by atoms with Gasteiger partial charge in [0.1, 0.15) is 5.41 Å². The van der Waals surface area contributed by atoms with E-state index in [-0.39, 0.29) is 5.91 Å². The Balaban J connectivity index is 1.38. The van der Waals surface area contributed by atoms with E-state index in [0.29, 0.717) is 12.5 Å². The van der Waals surface area contributed by atoms with Gasteiger partial charge in [0.2, 0.25) is 5.91 Å². The van der Waals surface area contributed by atoms with Crippen LogP contribution >= 0.6 is 9.24 Å². The standard InChI is InChI=1S/C29H33N2OP/c1-2-31-27-14-7-6-13-26(27)29(28(31)32,24-10-4-3-5-11-24)17-20-30-18-15-22(16-19-30)23-9-8-12-25(33)21-23/h3-14,21-22H,2,15-20,33H2,1H3. The molecule has 0 saturated carbocycles. The molecule has 0 aromatic heterocycles. The average Bonchev–Trinajstić information content (AvgIpc) is 3.11. The molecule has 2 aliphatic rings. The third-order valence-corrected chi connectivity index (χ3v) is 7.98. The zero-order valence-electron chi connectivity index (χ0n) is 19.4. The number of rotatable bonds is 6. The number of amides is 1. The molecule has 1 saturated heterocycles. The maximum Gasteiger partial charge on any atom is 0.242 e. The van der Waals surface area contributed by atoms with Crippen LogP contribution in [0.1, 0.15) is 48.8 Å². The quantitative estimate of drug-likeness (QED) is 0.482. The van der Waals surface area contributed by atoms with Crippen molar-refractivity contribution in [1.82, 2.24) is 4.90 Å². The first-order valence-corrected chi connectivity index (χ1v) is 12.8. The van der Waals surface area contributed by atoms with Gasteiger partial charge >= 0.3 is 0 Å². The fourth-order valence-electron chi connectivity index (χ4n) is 5.86. The number of fused-ring (bicyclic) bond motifs is 1. The SMILES string of the molecule is CCN1C(=O)C(CCN2CCC(c3cccc(P)c3)CC2)(c2ccccc2)c2ccccc21.